The number of carbonyl (C=O) groups excluding carboxylic acids is 2. The van der Waals surface area contributed by atoms with E-state index in [0.29, 0.717) is 6.54 Å². The number of likely N-dealkylation sites (N-methyl/N-ethyl adjacent to an activating group) is 1. The number of amides is 2. The van der Waals surface area contributed by atoms with Crippen LogP contribution >= 0.6 is 0 Å². The molecule has 6 nitrogen and oxygen atoms in total. The summed E-state index contributed by atoms with van der Waals surface area (Å²) < 4.78 is 11.0. The lowest BCUT2D eigenvalue weighted by molar-refractivity contribution is -0.129. The number of furan rings is 1. The van der Waals surface area contributed by atoms with E-state index in [1.807, 2.05) is 43.3 Å². The molecule has 0 spiro atoms. The second-order valence-electron chi connectivity index (χ2n) is 6.84. The quantitative estimate of drug-likeness (QED) is 0.704. The van der Waals surface area contributed by atoms with Crippen molar-refractivity contribution in [3.05, 3.63) is 59.4 Å². The number of rotatable bonds is 6. The molecule has 0 aliphatic carbocycles. The highest BCUT2D eigenvalue weighted by atomic mass is 16.5. The summed E-state index contributed by atoms with van der Waals surface area (Å²) in [5, 5.41) is 3.66. The normalized spacial score (nSPS) is 10.7. The van der Waals surface area contributed by atoms with Gasteiger partial charge in [-0.2, -0.15) is 0 Å². The third-order valence-electron chi connectivity index (χ3n) is 4.70. The predicted molar refractivity (Wildman–Crippen MR) is 108 cm³/mol. The van der Waals surface area contributed by atoms with Gasteiger partial charge in [0.1, 0.15) is 11.3 Å². The highest BCUT2D eigenvalue weighted by Crippen LogP contribution is 2.31. The second-order valence-corrected chi connectivity index (χ2v) is 6.84. The van der Waals surface area contributed by atoms with Gasteiger partial charge < -0.3 is 19.4 Å². The molecule has 0 bridgehead atoms. The monoisotopic (exact) mass is 380 g/mol. The maximum absolute atomic E-state index is 12.7. The zero-order valence-electron chi connectivity index (χ0n) is 16.5. The Balaban J connectivity index is 1.68. The summed E-state index contributed by atoms with van der Waals surface area (Å²) in [6.45, 7) is 3.90. The van der Waals surface area contributed by atoms with Gasteiger partial charge in [0.15, 0.2) is 0 Å². The number of carbonyl (C=O) groups is 2. The molecule has 146 valence electrons. The average molecular weight is 380 g/mol. The Hall–Kier alpha value is -3.28. The first-order valence-corrected chi connectivity index (χ1v) is 9.03. The first-order valence-electron chi connectivity index (χ1n) is 9.03. The molecule has 0 aliphatic rings. The Morgan fingerprint density at radius 2 is 1.86 bits per heavy atom. The first-order chi connectivity index (χ1) is 13.4. The molecule has 28 heavy (non-hydrogen) atoms. The summed E-state index contributed by atoms with van der Waals surface area (Å²) in [5.74, 6) is 0.655. The minimum absolute atomic E-state index is 0.00195. The van der Waals surface area contributed by atoms with Crippen molar-refractivity contribution in [1.82, 2.24) is 4.90 Å². The van der Waals surface area contributed by atoms with Gasteiger partial charge in [-0.05, 0) is 36.8 Å². The lowest BCUT2D eigenvalue weighted by atomic mass is 10.1. The summed E-state index contributed by atoms with van der Waals surface area (Å²) in [5.41, 5.74) is 4.26. The molecular formula is C22H24N2O4. The average Bonchev–Trinajstić information content (AvgIpc) is 3.07. The molecular weight excluding hydrogens is 356 g/mol. The summed E-state index contributed by atoms with van der Waals surface area (Å²) in [6, 6.07) is 11.3. The Morgan fingerprint density at radius 3 is 2.50 bits per heavy atom. The van der Waals surface area contributed by atoms with E-state index in [-0.39, 0.29) is 18.2 Å². The van der Waals surface area contributed by atoms with Crippen LogP contribution in [0.25, 0.3) is 11.0 Å². The van der Waals surface area contributed by atoms with Crippen molar-refractivity contribution >= 4 is 28.5 Å². The highest BCUT2D eigenvalue weighted by molar-refractivity contribution is 5.90. The number of ether oxygens (including phenoxy) is 1. The van der Waals surface area contributed by atoms with Crippen LogP contribution in [0.3, 0.4) is 0 Å². The fourth-order valence-corrected chi connectivity index (χ4v) is 3.19. The number of anilines is 1. The van der Waals surface area contributed by atoms with E-state index >= 15 is 0 Å². The fraction of sp³-hybridized carbons (Fsp3) is 0.273. The van der Waals surface area contributed by atoms with E-state index in [2.05, 4.69) is 5.32 Å². The van der Waals surface area contributed by atoms with Crippen LogP contribution in [0.4, 0.5) is 5.69 Å². The first kappa shape index (κ1) is 19.5. The van der Waals surface area contributed by atoms with Gasteiger partial charge in [0.05, 0.1) is 19.8 Å². The van der Waals surface area contributed by atoms with E-state index in [9.17, 15) is 9.59 Å². The van der Waals surface area contributed by atoms with Crippen LogP contribution in [0.5, 0.6) is 5.75 Å². The molecule has 3 rings (SSSR count). The standard InChI is InChI=1S/C22H24N2O4/c1-14-20(27-4)10-9-19-17(13-28-22(14)19)11-21(26)24(3)12-16-5-7-18(8-6-16)23-15(2)25/h5-10,13H,11-12H2,1-4H3,(H,23,25). The Labute approximate surface area is 164 Å². The van der Waals surface area contributed by atoms with Gasteiger partial charge >= 0.3 is 0 Å². The Kier molecular flexibility index (Phi) is 5.68. The zero-order chi connectivity index (χ0) is 20.3. The Bertz CT molecular complexity index is 1010. The molecule has 0 saturated heterocycles. The number of nitrogens with zero attached hydrogens (tertiary/aromatic N) is 1. The van der Waals surface area contributed by atoms with Gasteiger partial charge in [-0.25, -0.2) is 0 Å². The summed E-state index contributed by atoms with van der Waals surface area (Å²) in [4.78, 5) is 25.5. The minimum Gasteiger partial charge on any atom is -0.496 e. The largest absolute Gasteiger partial charge is 0.496 e. The van der Waals surface area contributed by atoms with Crippen molar-refractivity contribution in [2.24, 2.45) is 0 Å². The van der Waals surface area contributed by atoms with Crippen molar-refractivity contribution in [3.8, 4) is 5.75 Å². The third-order valence-corrected chi connectivity index (χ3v) is 4.70. The summed E-state index contributed by atoms with van der Waals surface area (Å²) in [6.07, 6.45) is 1.91. The number of hydrogen-bond donors (Lipinski definition) is 1. The lowest BCUT2D eigenvalue weighted by Crippen LogP contribution is -2.27. The van der Waals surface area contributed by atoms with Crippen molar-refractivity contribution in [2.75, 3.05) is 19.5 Å². The van der Waals surface area contributed by atoms with E-state index in [4.69, 9.17) is 9.15 Å². The van der Waals surface area contributed by atoms with Gasteiger partial charge in [0, 0.05) is 42.7 Å². The maximum Gasteiger partial charge on any atom is 0.227 e. The topological polar surface area (TPSA) is 71.8 Å². The number of hydrogen-bond acceptors (Lipinski definition) is 4. The molecule has 0 unspecified atom stereocenters. The number of aryl methyl sites for hydroxylation is 1. The van der Waals surface area contributed by atoms with Crippen LogP contribution in [0.2, 0.25) is 0 Å². The molecule has 2 aromatic carbocycles. The van der Waals surface area contributed by atoms with Crippen LogP contribution in [0, 0.1) is 6.92 Å². The van der Waals surface area contributed by atoms with E-state index in [0.717, 1.165) is 39.1 Å². The summed E-state index contributed by atoms with van der Waals surface area (Å²) in [7, 11) is 3.40. The van der Waals surface area contributed by atoms with Crippen molar-refractivity contribution in [2.45, 2.75) is 26.8 Å². The number of methoxy groups -OCH3 is 1. The maximum atomic E-state index is 12.7. The molecule has 1 N–H and O–H groups in total. The SMILES string of the molecule is COc1ccc2c(CC(=O)N(C)Cc3ccc(NC(C)=O)cc3)coc2c1C. The van der Waals surface area contributed by atoms with Gasteiger partial charge in [-0.15, -0.1) is 0 Å². The van der Waals surface area contributed by atoms with E-state index < -0.39 is 0 Å². The molecule has 0 fully saturated rings. The number of fused-ring (bicyclic) bond motifs is 1. The van der Waals surface area contributed by atoms with Crippen LogP contribution in [-0.4, -0.2) is 30.9 Å². The number of nitrogens with one attached hydrogen (secondary N) is 1. The molecule has 6 heteroatoms. The molecule has 0 atom stereocenters. The van der Waals surface area contributed by atoms with Crippen LogP contribution in [-0.2, 0) is 22.6 Å². The van der Waals surface area contributed by atoms with Crippen molar-refractivity contribution in [1.29, 1.82) is 0 Å². The lowest BCUT2D eigenvalue weighted by Gasteiger charge is -2.17. The molecule has 0 saturated carbocycles. The van der Waals surface area contributed by atoms with Gasteiger partial charge in [0.25, 0.3) is 0 Å². The highest BCUT2D eigenvalue weighted by Gasteiger charge is 2.16. The fourth-order valence-electron chi connectivity index (χ4n) is 3.19. The van der Waals surface area contributed by atoms with Gasteiger partial charge in [-0.3, -0.25) is 9.59 Å². The summed E-state index contributed by atoms with van der Waals surface area (Å²) >= 11 is 0. The second kappa shape index (κ2) is 8.17. The number of benzene rings is 2. The smallest absolute Gasteiger partial charge is 0.227 e. The zero-order valence-corrected chi connectivity index (χ0v) is 16.5. The van der Waals surface area contributed by atoms with Crippen LogP contribution in [0.1, 0.15) is 23.6 Å². The molecule has 2 amide bonds. The molecule has 0 radical (unpaired) electrons. The van der Waals surface area contributed by atoms with E-state index in [1.165, 1.54) is 6.92 Å². The van der Waals surface area contributed by atoms with Crippen LogP contribution in [0.15, 0.2) is 47.1 Å². The Morgan fingerprint density at radius 1 is 1.14 bits per heavy atom. The van der Waals surface area contributed by atoms with E-state index in [1.54, 1.807) is 25.3 Å². The van der Waals surface area contributed by atoms with Crippen LogP contribution < -0.4 is 10.1 Å². The van der Waals surface area contributed by atoms with Crippen molar-refractivity contribution < 1.29 is 18.7 Å². The molecule has 1 heterocycles. The van der Waals surface area contributed by atoms with Gasteiger partial charge in [0.2, 0.25) is 11.8 Å². The van der Waals surface area contributed by atoms with Crippen molar-refractivity contribution in [3.63, 3.8) is 0 Å². The minimum atomic E-state index is -0.111. The molecule has 1 aromatic heterocycles. The predicted octanol–water partition coefficient (Wildman–Crippen LogP) is 3.91. The third kappa shape index (κ3) is 4.17. The van der Waals surface area contributed by atoms with Gasteiger partial charge in [-0.1, -0.05) is 12.1 Å². The molecule has 0 aliphatic heterocycles. The molecule has 3 aromatic rings.